The highest BCUT2D eigenvalue weighted by molar-refractivity contribution is 7.08. The zero-order valence-electron chi connectivity index (χ0n) is 10.7. The number of hydrogen-bond donors (Lipinski definition) is 0. The minimum Gasteiger partial charge on any atom is -0.335 e. The lowest BCUT2D eigenvalue weighted by atomic mass is 10.2. The largest absolute Gasteiger partial charge is 0.335 e. The van der Waals surface area contributed by atoms with Crippen molar-refractivity contribution in [2.75, 3.05) is 26.2 Å². The Balaban J connectivity index is 1.60. The van der Waals surface area contributed by atoms with Crippen LogP contribution in [0.15, 0.2) is 27.7 Å². The minimum atomic E-state index is -0.0473. The monoisotopic (exact) mass is 307 g/mol. The second-order valence-corrected chi connectivity index (χ2v) is 5.97. The van der Waals surface area contributed by atoms with Crippen LogP contribution in [-0.4, -0.2) is 52.8 Å². The number of hydrogen-bond acceptors (Lipinski definition) is 5. The topological polar surface area (TPSA) is 53.5 Å². The zero-order chi connectivity index (χ0) is 13.9. The maximum atomic E-state index is 12.2. The minimum absolute atomic E-state index is 0.0473. The van der Waals surface area contributed by atoms with Crippen molar-refractivity contribution < 1.29 is 9.59 Å². The van der Waals surface area contributed by atoms with Gasteiger partial charge in [-0.2, -0.15) is 11.3 Å². The van der Waals surface area contributed by atoms with E-state index in [-0.39, 0.29) is 11.8 Å². The summed E-state index contributed by atoms with van der Waals surface area (Å²) in [5, 5.41) is 5.51. The number of thiophene rings is 1. The van der Waals surface area contributed by atoms with E-state index in [1.165, 1.54) is 22.7 Å². The van der Waals surface area contributed by atoms with Gasteiger partial charge in [-0.25, -0.2) is 4.98 Å². The van der Waals surface area contributed by atoms with Crippen LogP contribution >= 0.6 is 22.7 Å². The van der Waals surface area contributed by atoms with Gasteiger partial charge in [0, 0.05) is 36.9 Å². The summed E-state index contributed by atoms with van der Waals surface area (Å²) in [6.45, 7) is 2.27. The van der Waals surface area contributed by atoms with Gasteiger partial charge in [0.2, 0.25) is 0 Å². The van der Waals surface area contributed by atoms with Crippen molar-refractivity contribution in [2.24, 2.45) is 0 Å². The Morgan fingerprint density at radius 3 is 2.25 bits per heavy atom. The number of piperazine rings is 1. The normalized spacial score (nSPS) is 15.4. The van der Waals surface area contributed by atoms with Crippen molar-refractivity contribution in [3.63, 3.8) is 0 Å². The van der Waals surface area contributed by atoms with E-state index in [1.54, 1.807) is 20.7 Å². The fourth-order valence-electron chi connectivity index (χ4n) is 2.16. The molecule has 1 fully saturated rings. The van der Waals surface area contributed by atoms with Crippen LogP contribution in [-0.2, 0) is 0 Å². The van der Waals surface area contributed by atoms with E-state index in [1.807, 2.05) is 16.8 Å². The molecule has 0 unspecified atom stereocenters. The molecule has 1 aliphatic rings. The summed E-state index contributed by atoms with van der Waals surface area (Å²) >= 11 is 2.93. The van der Waals surface area contributed by atoms with E-state index in [4.69, 9.17) is 0 Å². The lowest BCUT2D eigenvalue weighted by Gasteiger charge is -2.34. The van der Waals surface area contributed by atoms with E-state index < -0.39 is 0 Å². The summed E-state index contributed by atoms with van der Waals surface area (Å²) in [7, 11) is 0. The Bertz CT molecular complexity index is 533. The molecule has 0 spiro atoms. The van der Waals surface area contributed by atoms with E-state index in [9.17, 15) is 9.59 Å². The molecule has 2 aromatic heterocycles. The van der Waals surface area contributed by atoms with Gasteiger partial charge in [0.25, 0.3) is 11.8 Å². The van der Waals surface area contributed by atoms with Crippen LogP contribution in [0.2, 0.25) is 0 Å². The van der Waals surface area contributed by atoms with Gasteiger partial charge in [-0.3, -0.25) is 9.59 Å². The van der Waals surface area contributed by atoms with Crippen molar-refractivity contribution in [1.29, 1.82) is 0 Å². The standard InChI is InChI=1S/C13H13N3O2S2/c17-12(10-1-6-19-7-10)15-2-4-16(5-3-15)13(18)11-8-20-9-14-11/h1,6-9H,2-5H2. The maximum Gasteiger partial charge on any atom is 0.273 e. The molecule has 0 radical (unpaired) electrons. The summed E-state index contributed by atoms with van der Waals surface area (Å²) in [5.41, 5.74) is 2.88. The molecule has 0 aromatic carbocycles. The third-order valence-electron chi connectivity index (χ3n) is 3.27. The Hall–Kier alpha value is -1.73. The highest BCUT2D eigenvalue weighted by Crippen LogP contribution is 2.13. The number of carbonyl (C=O) groups excluding carboxylic acids is 2. The van der Waals surface area contributed by atoms with Crippen molar-refractivity contribution in [1.82, 2.24) is 14.8 Å². The molecule has 0 saturated carbocycles. The van der Waals surface area contributed by atoms with Crippen LogP contribution in [0.5, 0.6) is 0 Å². The van der Waals surface area contributed by atoms with Gasteiger partial charge in [0.1, 0.15) is 5.69 Å². The summed E-state index contributed by atoms with van der Waals surface area (Å²) in [5.74, 6) is 0.000824. The number of nitrogens with zero attached hydrogens (tertiary/aromatic N) is 3. The van der Waals surface area contributed by atoms with Gasteiger partial charge >= 0.3 is 0 Å². The van der Waals surface area contributed by atoms with Crippen LogP contribution in [0.4, 0.5) is 0 Å². The number of carbonyl (C=O) groups is 2. The molecule has 2 amide bonds. The van der Waals surface area contributed by atoms with Gasteiger partial charge in [-0.05, 0) is 11.4 Å². The fourth-order valence-corrected chi connectivity index (χ4v) is 3.32. The molecule has 20 heavy (non-hydrogen) atoms. The van der Waals surface area contributed by atoms with Crippen LogP contribution in [0.1, 0.15) is 20.8 Å². The molecular formula is C13H13N3O2S2. The highest BCUT2D eigenvalue weighted by Gasteiger charge is 2.26. The Kier molecular flexibility index (Phi) is 3.79. The Labute approximate surface area is 124 Å². The van der Waals surface area contributed by atoms with E-state index in [0.29, 0.717) is 31.9 Å². The van der Waals surface area contributed by atoms with Crippen molar-refractivity contribution in [3.05, 3.63) is 39.0 Å². The molecule has 1 saturated heterocycles. The average molecular weight is 307 g/mol. The molecule has 3 rings (SSSR count). The third kappa shape index (κ3) is 2.59. The third-order valence-corrected chi connectivity index (χ3v) is 4.54. The fraction of sp³-hybridized carbons (Fsp3) is 0.308. The molecule has 0 bridgehead atoms. The van der Waals surface area contributed by atoms with E-state index >= 15 is 0 Å². The predicted molar refractivity (Wildman–Crippen MR) is 78.2 cm³/mol. The first-order chi connectivity index (χ1) is 9.75. The highest BCUT2D eigenvalue weighted by atomic mass is 32.1. The second kappa shape index (κ2) is 5.72. The molecule has 0 atom stereocenters. The Morgan fingerprint density at radius 2 is 1.70 bits per heavy atom. The number of rotatable bonds is 2. The maximum absolute atomic E-state index is 12.2. The first kappa shape index (κ1) is 13.3. The van der Waals surface area contributed by atoms with Crippen LogP contribution in [0.25, 0.3) is 0 Å². The molecule has 5 nitrogen and oxygen atoms in total. The number of thiazole rings is 1. The first-order valence-electron chi connectivity index (χ1n) is 6.24. The average Bonchev–Trinajstić information content (AvgIpc) is 3.18. The van der Waals surface area contributed by atoms with E-state index in [2.05, 4.69) is 4.98 Å². The molecular weight excluding hydrogens is 294 g/mol. The predicted octanol–water partition coefficient (Wildman–Crippen LogP) is 1.80. The lowest BCUT2D eigenvalue weighted by molar-refractivity contribution is 0.0533. The molecule has 1 aliphatic heterocycles. The number of aromatic nitrogens is 1. The first-order valence-corrected chi connectivity index (χ1v) is 8.13. The SMILES string of the molecule is O=C(c1ccsc1)N1CCN(C(=O)c2cscn2)CC1. The van der Waals surface area contributed by atoms with Crippen molar-refractivity contribution in [3.8, 4) is 0 Å². The second-order valence-electron chi connectivity index (χ2n) is 4.47. The summed E-state index contributed by atoms with van der Waals surface area (Å²) < 4.78 is 0. The van der Waals surface area contributed by atoms with Gasteiger partial charge in [-0.15, -0.1) is 11.3 Å². The van der Waals surface area contributed by atoms with Crippen molar-refractivity contribution in [2.45, 2.75) is 0 Å². The van der Waals surface area contributed by atoms with Gasteiger partial charge in [0.05, 0.1) is 11.1 Å². The van der Waals surface area contributed by atoms with Gasteiger partial charge in [-0.1, -0.05) is 0 Å². The molecule has 0 aliphatic carbocycles. The quantitative estimate of drug-likeness (QED) is 0.850. The van der Waals surface area contributed by atoms with Crippen LogP contribution in [0.3, 0.4) is 0 Å². The molecule has 0 N–H and O–H groups in total. The zero-order valence-corrected chi connectivity index (χ0v) is 12.3. The molecule has 104 valence electrons. The van der Waals surface area contributed by atoms with Crippen LogP contribution in [0, 0.1) is 0 Å². The molecule has 7 heteroatoms. The summed E-state index contributed by atoms with van der Waals surface area (Å²) in [6, 6.07) is 1.83. The van der Waals surface area contributed by atoms with E-state index in [0.717, 1.165) is 5.56 Å². The smallest absolute Gasteiger partial charge is 0.273 e. The van der Waals surface area contributed by atoms with Crippen LogP contribution < -0.4 is 0 Å². The number of amides is 2. The summed E-state index contributed by atoms with van der Waals surface area (Å²) in [4.78, 5) is 31.9. The van der Waals surface area contributed by atoms with Crippen molar-refractivity contribution >= 4 is 34.5 Å². The van der Waals surface area contributed by atoms with Gasteiger partial charge < -0.3 is 9.80 Å². The summed E-state index contributed by atoms with van der Waals surface area (Å²) in [6.07, 6.45) is 0. The van der Waals surface area contributed by atoms with Gasteiger partial charge in [0.15, 0.2) is 0 Å². The molecule has 3 heterocycles. The lowest BCUT2D eigenvalue weighted by Crippen LogP contribution is -2.50. The Morgan fingerprint density at radius 1 is 1.00 bits per heavy atom. The molecule has 2 aromatic rings.